The molecular weight excluding hydrogens is 312 g/mol. The smallest absolute Gasteiger partial charge is 0.0757 e. The Morgan fingerprint density at radius 3 is 0.696 bits per heavy atom. The van der Waals surface area contributed by atoms with Gasteiger partial charge in [0.05, 0.1) is 52.4 Å². The molecule has 0 N–H and O–H groups in total. The molecule has 0 aromatic carbocycles. The lowest BCUT2D eigenvalue weighted by Crippen LogP contribution is -3.00. The van der Waals surface area contributed by atoms with E-state index < -0.39 is 5.97 Å². The molecule has 0 amide bonds. The molecule has 0 rings (SSSR count). The van der Waals surface area contributed by atoms with Gasteiger partial charge in [0.2, 0.25) is 0 Å². The van der Waals surface area contributed by atoms with Crippen molar-refractivity contribution < 1.29 is 31.3 Å². The molecule has 0 spiro atoms. The number of rotatable bonds is 8. The van der Waals surface area contributed by atoms with Crippen molar-refractivity contribution in [1.82, 2.24) is 0 Å². The highest BCUT2D eigenvalue weighted by molar-refractivity contribution is 5.60. The number of hydrogen-bond acceptors (Lipinski definition) is 2. The first kappa shape index (κ1) is 30.5. The number of carbonyl (C=O) groups excluding carboxylic acids is 1. The van der Waals surface area contributed by atoms with Crippen molar-refractivity contribution >= 4 is 5.97 Å². The molecule has 23 heavy (non-hydrogen) atoms. The van der Waals surface area contributed by atoms with Crippen LogP contribution in [-0.2, 0) is 4.79 Å². The number of hydrogen-bond donors (Lipinski definition) is 0. The Bertz CT molecular complexity index is 194. The Morgan fingerprint density at radius 1 is 0.609 bits per heavy atom. The van der Waals surface area contributed by atoms with Crippen molar-refractivity contribution in [2.24, 2.45) is 0 Å². The van der Waals surface area contributed by atoms with Gasteiger partial charge in [0.1, 0.15) is 0 Å². The highest BCUT2D eigenvalue weighted by Gasteiger charge is 2.16. The third-order valence-corrected chi connectivity index (χ3v) is 5.37. The van der Waals surface area contributed by atoms with E-state index in [0.717, 1.165) is 6.92 Å². The maximum Gasteiger partial charge on any atom is 0.0757 e. The second kappa shape index (κ2) is 18.0. The minimum Gasteiger partial charge on any atom is -1.00 e. The lowest BCUT2D eigenvalue weighted by atomic mass is 10.3. The molecule has 0 bridgehead atoms. The van der Waals surface area contributed by atoms with Crippen LogP contribution in [0, 0.1) is 0 Å². The van der Waals surface area contributed by atoms with Crippen molar-refractivity contribution in [3.8, 4) is 0 Å². The zero-order valence-electron chi connectivity index (χ0n) is 17.2. The molecule has 0 aliphatic carbocycles. The summed E-state index contributed by atoms with van der Waals surface area (Å²) in [6.45, 7) is 29.4. The number of aliphatic carboxylic acids is 1. The van der Waals surface area contributed by atoms with Crippen LogP contribution in [0.25, 0.3) is 0 Å². The maximum atomic E-state index is 8.89. The summed E-state index contributed by atoms with van der Waals surface area (Å²) in [6.07, 6.45) is 0. The van der Waals surface area contributed by atoms with Gasteiger partial charge in [-0.15, -0.1) is 0 Å². The van der Waals surface area contributed by atoms with E-state index in [2.05, 4.69) is 55.4 Å². The fraction of sp³-hybridized carbons (Fsp3) is 0.944. The summed E-state index contributed by atoms with van der Waals surface area (Å²) in [4.78, 5) is 8.89. The van der Waals surface area contributed by atoms with Crippen LogP contribution in [0.2, 0.25) is 0 Å². The minimum atomic E-state index is -1.08. The molecule has 0 aromatic heterocycles. The molecule has 0 atom stereocenters. The maximum absolute atomic E-state index is 8.89. The molecule has 0 heterocycles. The van der Waals surface area contributed by atoms with Gasteiger partial charge in [-0.2, -0.15) is 0 Å². The fourth-order valence-electron chi connectivity index (χ4n) is 2.68. The first-order valence-corrected chi connectivity index (χ1v) is 9.09. The first-order valence-electron chi connectivity index (χ1n) is 9.09. The minimum absolute atomic E-state index is 0. The molecule has 0 saturated heterocycles. The Morgan fingerprint density at radius 2 is 0.696 bits per heavy atom. The SMILES string of the molecule is CC(=O)[O-].CC[N+](CC)(CC)CC.CC[N+](CC)(CC)CC.[Cl-]. The Labute approximate surface area is 152 Å². The van der Waals surface area contributed by atoms with Gasteiger partial charge in [-0.3, -0.25) is 0 Å². The largest absolute Gasteiger partial charge is 1.00 e. The summed E-state index contributed by atoms with van der Waals surface area (Å²) in [5.74, 6) is -1.08. The Balaban J connectivity index is -0.000000124. The lowest BCUT2D eigenvalue weighted by molar-refractivity contribution is -0.921. The van der Waals surface area contributed by atoms with E-state index in [0.29, 0.717) is 0 Å². The van der Waals surface area contributed by atoms with E-state index in [4.69, 9.17) is 9.90 Å². The van der Waals surface area contributed by atoms with Crippen LogP contribution in [0.4, 0.5) is 0 Å². The summed E-state index contributed by atoms with van der Waals surface area (Å²) in [7, 11) is 0. The third kappa shape index (κ3) is 15.0. The van der Waals surface area contributed by atoms with Crippen LogP contribution in [0.5, 0.6) is 0 Å². The van der Waals surface area contributed by atoms with Gasteiger partial charge in [0.25, 0.3) is 0 Å². The van der Waals surface area contributed by atoms with Crippen LogP contribution in [0.15, 0.2) is 0 Å². The summed E-state index contributed by atoms with van der Waals surface area (Å²) >= 11 is 0. The number of carboxylic acids is 1. The standard InChI is InChI=1S/2C8H20N.C2H4O2.ClH/c2*1-5-9(6-2,7-3)8-4;1-2(3)4;/h2*5-8H2,1-4H3;1H3,(H,3,4);1H/q2*+1;;/p-2. The molecule has 5 heteroatoms. The van der Waals surface area contributed by atoms with E-state index in [1.54, 1.807) is 0 Å². The highest BCUT2D eigenvalue weighted by Crippen LogP contribution is 2.03. The average molecular weight is 355 g/mol. The molecule has 0 unspecified atom stereocenters. The summed E-state index contributed by atoms with van der Waals surface area (Å²) in [6, 6.07) is 0. The van der Waals surface area contributed by atoms with E-state index in [1.807, 2.05) is 0 Å². The molecule has 0 radical (unpaired) electrons. The van der Waals surface area contributed by atoms with Crippen LogP contribution >= 0.6 is 0 Å². The zero-order chi connectivity index (χ0) is 18.2. The van der Waals surface area contributed by atoms with E-state index in [1.165, 1.54) is 61.3 Å². The van der Waals surface area contributed by atoms with Crippen molar-refractivity contribution in [1.29, 1.82) is 0 Å². The summed E-state index contributed by atoms with van der Waals surface area (Å²) < 4.78 is 2.56. The summed E-state index contributed by atoms with van der Waals surface area (Å²) in [5, 5.41) is 8.89. The number of carbonyl (C=O) groups is 1. The molecule has 0 fully saturated rings. The predicted octanol–water partition coefficient (Wildman–Crippen LogP) is -0.474. The first-order chi connectivity index (χ1) is 10.2. The molecule has 0 aliphatic heterocycles. The third-order valence-electron chi connectivity index (χ3n) is 5.37. The second-order valence-electron chi connectivity index (χ2n) is 5.70. The molecular formula is C18H43ClN2O2. The molecule has 144 valence electrons. The van der Waals surface area contributed by atoms with E-state index in [-0.39, 0.29) is 12.4 Å². The molecule has 0 aliphatic rings. The van der Waals surface area contributed by atoms with Crippen LogP contribution in [-0.4, -0.2) is 67.3 Å². The monoisotopic (exact) mass is 354 g/mol. The topological polar surface area (TPSA) is 40.1 Å². The predicted molar refractivity (Wildman–Crippen MR) is 95.5 cm³/mol. The van der Waals surface area contributed by atoms with Crippen molar-refractivity contribution in [3.63, 3.8) is 0 Å². The van der Waals surface area contributed by atoms with Crippen LogP contribution < -0.4 is 17.5 Å². The zero-order valence-corrected chi connectivity index (χ0v) is 18.0. The van der Waals surface area contributed by atoms with Crippen LogP contribution in [0.3, 0.4) is 0 Å². The molecule has 4 nitrogen and oxygen atoms in total. The van der Waals surface area contributed by atoms with Gasteiger partial charge in [0, 0.05) is 5.97 Å². The summed E-state index contributed by atoms with van der Waals surface area (Å²) in [5.41, 5.74) is 0. The van der Waals surface area contributed by atoms with Gasteiger partial charge in [-0.25, -0.2) is 0 Å². The van der Waals surface area contributed by atoms with Crippen molar-refractivity contribution in [2.75, 3.05) is 52.4 Å². The van der Waals surface area contributed by atoms with Gasteiger partial charge < -0.3 is 31.3 Å². The second-order valence-corrected chi connectivity index (χ2v) is 5.70. The molecule has 0 aromatic rings. The Hall–Kier alpha value is -0.320. The molecule has 0 saturated carbocycles. The fourth-order valence-corrected chi connectivity index (χ4v) is 2.68. The van der Waals surface area contributed by atoms with Crippen molar-refractivity contribution in [3.05, 3.63) is 0 Å². The number of carboxylic acid groups (broad SMARTS) is 1. The van der Waals surface area contributed by atoms with Gasteiger partial charge >= 0.3 is 0 Å². The van der Waals surface area contributed by atoms with Gasteiger partial charge in [-0.1, -0.05) is 0 Å². The highest BCUT2D eigenvalue weighted by atomic mass is 35.5. The lowest BCUT2D eigenvalue weighted by Gasteiger charge is -2.34. The number of nitrogens with zero attached hydrogens (tertiary/aromatic N) is 2. The van der Waals surface area contributed by atoms with E-state index >= 15 is 0 Å². The van der Waals surface area contributed by atoms with Crippen LogP contribution in [0.1, 0.15) is 62.3 Å². The quantitative estimate of drug-likeness (QED) is 0.553. The normalized spacial score (nSPS) is 10.5. The van der Waals surface area contributed by atoms with E-state index in [9.17, 15) is 0 Å². The van der Waals surface area contributed by atoms with Gasteiger partial charge in [-0.05, 0) is 62.3 Å². The van der Waals surface area contributed by atoms with Gasteiger partial charge in [0.15, 0.2) is 0 Å². The number of halogens is 1. The Kier molecular flexibility index (Phi) is 23.9. The average Bonchev–Trinajstić information content (AvgIpc) is 2.53. The van der Waals surface area contributed by atoms with Crippen molar-refractivity contribution in [2.45, 2.75) is 62.3 Å². The number of quaternary nitrogens is 2.